The van der Waals surface area contributed by atoms with E-state index in [0.717, 1.165) is 3.57 Å². The van der Waals surface area contributed by atoms with Crippen molar-refractivity contribution >= 4 is 28.5 Å². The number of anilines is 1. The third kappa shape index (κ3) is 4.21. The Labute approximate surface area is 110 Å². The van der Waals surface area contributed by atoms with Crippen molar-refractivity contribution in [3.63, 3.8) is 0 Å². The van der Waals surface area contributed by atoms with Crippen LogP contribution in [-0.4, -0.2) is 27.7 Å². The van der Waals surface area contributed by atoms with Crippen LogP contribution in [0.4, 0.5) is 5.95 Å². The molecule has 0 radical (unpaired) electrons. The Morgan fingerprint density at radius 3 is 2.38 bits per heavy atom. The number of aliphatic hydroxyl groups is 1. The van der Waals surface area contributed by atoms with Crippen molar-refractivity contribution in [2.24, 2.45) is 5.41 Å². The van der Waals surface area contributed by atoms with Crippen LogP contribution in [0, 0.1) is 8.99 Å². The number of nitrogens with one attached hydrogen (secondary N) is 1. The van der Waals surface area contributed by atoms with Crippen molar-refractivity contribution in [1.29, 1.82) is 0 Å². The van der Waals surface area contributed by atoms with Gasteiger partial charge in [0, 0.05) is 28.6 Å². The standard InChI is InChI=1S/C11H18IN3O/c1-11(2,3)9(4-5-16)15-10-13-6-8(12)7-14-10/h6-7,9,16H,4-5H2,1-3H3,(H,13,14,15). The fourth-order valence-corrected chi connectivity index (χ4v) is 1.67. The summed E-state index contributed by atoms with van der Waals surface area (Å²) < 4.78 is 1.01. The molecule has 2 N–H and O–H groups in total. The van der Waals surface area contributed by atoms with Gasteiger partial charge in [-0.15, -0.1) is 0 Å². The van der Waals surface area contributed by atoms with Crippen molar-refractivity contribution in [2.75, 3.05) is 11.9 Å². The molecule has 0 bridgehead atoms. The van der Waals surface area contributed by atoms with Crippen molar-refractivity contribution in [3.8, 4) is 0 Å². The molecule has 16 heavy (non-hydrogen) atoms. The van der Waals surface area contributed by atoms with Crippen LogP contribution in [0.1, 0.15) is 27.2 Å². The van der Waals surface area contributed by atoms with Crippen LogP contribution < -0.4 is 5.32 Å². The number of nitrogens with zero attached hydrogens (tertiary/aromatic N) is 2. The molecule has 1 aromatic rings. The first-order valence-corrected chi connectivity index (χ1v) is 6.36. The van der Waals surface area contributed by atoms with Crippen LogP contribution in [0.3, 0.4) is 0 Å². The fourth-order valence-electron chi connectivity index (χ4n) is 1.39. The number of hydrogen-bond acceptors (Lipinski definition) is 4. The highest BCUT2D eigenvalue weighted by molar-refractivity contribution is 14.1. The smallest absolute Gasteiger partial charge is 0.222 e. The summed E-state index contributed by atoms with van der Waals surface area (Å²) in [6.45, 7) is 6.56. The maximum atomic E-state index is 9.04. The highest BCUT2D eigenvalue weighted by Crippen LogP contribution is 2.24. The van der Waals surface area contributed by atoms with E-state index in [2.05, 4.69) is 58.6 Å². The summed E-state index contributed by atoms with van der Waals surface area (Å²) in [5, 5.41) is 12.3. The number of rotatable bonds is 4. The van der Waals surface area contributed by atoms with E-state index in [1.54, 1.807) is 12.4 Å². The second-order valence-electron chi connectivity index (χ2n) is 4.80. The average Bonchev–Trinajstić information content (AvgIpc) is 2.19. The molecule has 0 spiro atoms. The molecule has 1 rings (SSSR count). The molecule has 1 aromatic heterocycles. The zero-order valence-electron chi connectivity index (χ0n) is 9.87. The minimum atomic E-state index is 0.0646. The minimum Gasteiger partial charge on any atom is -0.396 e. The molecule has 1 heterocycles. The number of hydrogen-bond donors (Lipinski definition) is 2. The first kappa shape index (κ1) is 13.6. The van der Waals surface area contributed by atoms with E-state index in [1.807, 2.05) is 0 Å². The molecule has 1 unspecified atom stereocenters. The fraction of sp³-hybridized carbons (Fsp3) is 0.636. The Balaban J connectivity index is 2.72. The van der Waals surface area contributed by atoms with E-state index in [4.69, 9.17) is 5.11 Å². The van der Waals surface area contributed by atoms with E-state index in [9.17, 15) is 0 Å². The van der Waals surface area contributed by atoms with Gasteiger partial charge in [0.15, 0.2) is 0 Å². The van der Waals surface area contributed by atoms with Gasteiger partial charge in [-0.1, -0.05) is 20.8 Å². The van der Waals surface area contributed by atoms with E-state index in [0.29, 0.717) is 12.4 Å². The lowest BCUT2D eigenvalue weighted by Gasteiger charge is -2.31. The minimum absolute atomic E-state index is 0.0646. The highest BCUT2D eigenvalue weighted by Gasteiger charge is 2.24. The first-order chi connectivity index (χ1) is 7.43. The molecule has 0 saturated heterocycles. The van der Waals surface area contributed by atoms with Gasteiger partial charge in [0.2, 0.25) is 5.95 Å². The third-order valence-electron chi connectivity index (χ3n) is 2.39. The molecule has 0 amide bonds. The van der Waals surface area contributed by atoms with E-state index < -0.39 is 0 Å². The Bertz CT molecular complexity index is 321. The maximum Gasteiger partial charge on any atom is 0.222 e. The van der Waals surface area contributed by atoms with E-state index in [1.165, 1.54) is 0 Å². The molecule has 0 fully saturated rings. The van der Waals surface area contributed by atoms with Crippen LogP contribution in [0.2, 0.25) is 0 Å². The number of halogens is 1. The van der Waals surface area contributed by atoms with Crippen LogP contribution in [0.5, 0.6) is 0 Å². The van der Waals surface area contributed by atoms with Gasteiger partial charge in [0.05, 0.1) is 0 Å². The van der Waals surface area contributed by atoms with Gasteiger partial charge in [-0.2, -0.15) is 0 Å². The molecule has 0 aliphatic carbocycles. The van der Waals surface area contributed by atoms with Gasteiger partial charge in [0.1, 0.15) is 0 Å². The monoisotopic (exact) mass is 335 g/mol. The summed E-state index contributed by atoms with van der Waals surface area (Å²) in [6.07, 6.45) is 4.24. The van der Waals surface area contributed by atoms with Crippen LogP contribution in [-0.2, 0) is 0 Å². The van der Waals surface area contributed by atoms with Gasteiger partial charge < -0.3 is 10.4 Å². The zero-order chi connectivity index (χ0) is 12.2. The molecule has 0 aliphatic rings. The Morgan fingerprint density at radius 1 is 1.38 bits per heavy atom. The van der Waals surface area contributed by atoms with Gasteiger partial charge in [-0.3, -0.25) is 0 Å². The Kier molecular flexibility index (Phi) is 4.91. The van der Waals surface area contributed by atoms with Crippen LogP contribution in [0.25, 0.3) is 0 Å². The van der Waals surface area contributed by atoms with E-state index >= 15 is 0 Å². The first-order valence-electron chi connectivity index (χ1n) is 5.28. The topological polar surface area (TPSA) is 58.0 Å². The predicted molar refractivity (Wildman–Crippen MR) is 73.3 cm³/mol. The quantitative estimate of drug-likeness (QED) is 0.829. The summed E-state index contributed by atoms with van der Waals surface area (Å²) in [5.74, 6) is 0.619. The largest absolute Gasteiger partial charge is 0.396 e. The molecule has 1 atom stereocenters. The second kappa shape index (κ2) is 5.77. The predicted octanol–water partition coefficient (Wildman–Crippen LogP) is 2.29. The van der Waals surface area contributed by atoms with Crippen LogP contribution >= 0.6 is 22.6 Å². The number of aromatic nitrogens is 2. The summed E-state index contributed by atoms with van der Waals surface area (Å²) in [7, 11) is 0. The Hall–Kier alpha value is -0.430. The molecule has 4 nitrogen and oxygen atoms in total. The lowest BCUT2D eigenvalue weighted by molar-refractivity contribution is 0.235. The molecule has 0 aliphatic heterocycles. The van der Waals surface area contributed by atoms with Crippen molar-refractivity contribution in [3.05, 3.63) is 16.0 Å². The SMILES string of the molecule is CC(C)(C)C(CCO)Nc1ncc(I)cn1. The van der Waals surface area contributed by atoms with Crippen molar-refractivity contribution in [2.45, 2.75) is 33.2 Å². The van der Waals surface area contributed by atoms with Gasteiger partial charge in [-0.25, -0.2) is 9.97 Å². The molecular weight excluding hydrogens is 317 g/mol. The van der Waals surface area contributed by atoms with Crippen LogP contribution in [0.15, 0.2) is 12.4 Å². The second-order valence-corrected chi connectivity index (χ2v) is 6.05. The van der Waals surface area contributed by atoms with Crippen molar-refractivity contribution in [1.82, 2.24) is 9.97 Å². The van der Waals surface area contributed by atoms with Crippen molar-refractivity contribution < 1.29 is 5.11 Å². The molecule has 5 heteroatoms. The summed E-state index contributed by atoms with van der Waals surface area (Å²) >= 11 is 2.17. The third-order valence-corrected chi connectivity index (χ3v) is 2.94. The molecule has 0 saturated carbocycles. The summed E-state index contributed by atoms with van der Waals surface area (Å²) in [4.78, 5) is 8.40. The van der Waals surface area contributed by atoms with E-state index in [-0.39, 0.29) is 18.1 Å². The normalized spacial score (nSPS) is 13.6. The molecular formula is C11H18IN3O. The zero-order valence-corrected chi connectivity index (χ0v) is 12.0. The van der Waals surface area contributed by atoms with Gasteiger partial charge in [-0.05, 0) is 34.4 Å². The summed E-state index contributed by atoms with van der Waals surface area (Å²) in [5.41, 5.74) is 0.0646. The lowest BCUT2D eigenvalue weighted by atomic mass is 9.85. The summed E-state index contributed by atoms with van der Waals surface area (Å²) in [6, 6.07) is 0.164. The molecule has 0 aromatic carbocycles. The highest BCUT2D eigenvalue weighted by atomic mass is 127. The Morgan fingerprint density at radius 2 is 1.94 bits per heavy atom. The average molecular weight is 335 g/mol. The van der Waals surface area contributed by atoms with Gasteiger partial charge >= 0.3 is 0 Å². The lowest BCUT2D eigenvalue weighted by Crippen LogP contribution is -2.35. The molecule has 90 valence electrons. The maximum absolute atomic E-state index is 9.04. The van der Waals surface area contributed by atoms with Gasteiger partial charge in [0.25, 0.3) is 0 Å². The number of aliphatic hydroxyl groups excluding tert-OH is 1.